The Morgan fingerprint density at radius 2 is 1.74 bits per heavy atom. The smallest absolute Gasteiger partial charge is 0.183 e. The van der Waals surface area contributed by atoms with Gasteiger partial charge in [-0.25, -0.2) is 0 Å². The maximum atomic E-state index is 6.18. The van der Waals surface area contributed by atoms with Crippen molar-refractivity contribution >= 4 is 8.32 Å². The van der Waals surface area contributed by atoms with Crippen LogP contribution in [0.2, 0.25) is 19.6 Å². The number of benzene rings is 1. The lowest BCUT2D eigenvalue weighted by atomic mass is 10.0. The fraction of sp³-hybridized carbons (Fsp3) is 0.474. The molecule has 0 aliphatic heterocycles. The van der Waals surface area contributed by atoms with Crippen LogP contribution in [0.4, 0.5) is 0 Å². The average Bonchev–Trinajstić information content (AvgIpc) is 2.94. The molecule has 23 heavy (non-hydrogen) atoms. The van der Waals surface area contributed by atoms with E-state index in [2.05, 4.69) is 62.2 Å². The van der Waals surface area contributed by atoms with E-state index in [9.17, 15) is 0 Å². The second-order valence-corrected chi connectivity index (χ2v) is 11.5. The molecule has 1 heterocycles. The van der Waals surface area contributed by atoms with Crippen LogP contribution in [0.25, 0.3) is 0 Å². The summed E-state index contributed by atoms with van der Waals surface area (Å²) in [5.74, 6) is 1.95. The topological polar surface area (TPSA) is 34.4 Å². The molecule has 0 aliphatic rings. The van der Waals surface area contributed by atoms with Crippen LogP contribution in [0.3, 0.4) is 0 Å². The van der Waals surface area contributed by atoms with Crippen LogP contribution in [0.1, 0.15) is 42.5 Å². The second-order valence-electron chi connectivity index (χ2n) is 6.96. The fourth-order valence-electron chi connectivity index (χ4n) is 2.54. The summed E-state index contributed by atoms with van der Waals surface area (Å²) in [7, 11) is -1.55. The van der Waals surface area contributed by atoms with Gasteiger partial charge in [-0.1, -0.05) is 37.3 Å². The van der Waals surface area contributed by atoms with E-state index in [4.69, 9.17) is 8.84 Å². The van der Waals surface area contributed by atoms with Gasteiger partial charge in [0, 0.05) is 0 Å². The highest BCUT2D eigenvalue weighted by Crippen LogP contribution is 2.25. The zero-order valence-electron chi connectivity index (χ0n) is 14.9. The molecule has 2 atom stereocenters. The summed E-state index contributed by atoms with van der Waals surface area (Å²) in [6, 6.07) is 15.0. The summed E-state index contributed by atoms with van der Waals surface area (Å²) < 4.78 is 12.0. The number of hydrogen-bond acceptors (Lipinski definition) is 3. The van der Waals surface area contributed by atoms with Gasteiger partial charge in [0.05, 0.1) is 18.7 Å². The Morgan fingerprint density at radius 1 is 1.04 bits per heavy atom. The summed E-state index contributed by atoms with van der Waals surface area (Å²) in [5, 5.41) is 3.73. The molecule has 0 spiro atoms. The van der Waals surface area contributed by atoms with Gasteiger partial charge in [0.15, 0.2) is 8.32 Å². The Kier molecular flexibility index (Phi) is 6.22. The summed E-state index contributed by atoms with van der Waals surface area (Å²) in [6.07, 6.45) is 0.975. The highest BCUT2D eigenvalue weighted by molar-refractivity contribution is 6.69. The van der Waals surface area contributed by atoms with E-state index < -0.39 is 8.32 Å². The quantitative estimate of drug-likeness (QED) is 0.673. The minimum absolute atomic E-state index is 0.165. The standard InChI is InChI=1S/C19H29NO2Si/c1-6-17(19-13-12-15(2)22-19)20-18(14-21-23(3,4)5)16-10-8-7-9-11-16/h7-13,17-18,20H,6,14H2,1-5H3. The lowest BCUT2D eigenvalue weighted by Crippen LogP contribution is -2.34. The summed E-state index contributed by atoms with van der Waals surface area (Å²) in [5.41, 5.74) is 1.26. The van der Waals surface area contributed by atoms with E-state index in [1.54, 1.807) is 0 Å². The van der Waals surface area contributed by atoms with E-state index in [-0.39, 0.29) is 12.1 Å². The molecule has 4 heteroatoms. The molecule has 2 rings (SSSR count). The largest absolute Gasteiger partial charge is 0.465 e. The predicted molar refractivity (Wildman–Crippen MR) is 98.1 cm³/mol. The van der Waals surface area contributed by atoms with Crippen molar-refractivity contribution in [2.24, 2.45) is 0 Å². The van der Waals surface area contributed by atoms with Gasteiger partial charge >= 0.3 is 0 Å². The van der Waals surface area contributed by atoms with Crippen molar-refractivity contribution in [2.45, 2.75) is 52.0 Å². The molecule has 126 valence electrons. The Hall–Kier alpha value is -1.36. The van der Waals surface area contributed by atoms with Crippen LogP contribution in [-0.4, -0.2) is 14.9 Å². The van der Waals surface area contributed by atoms with Gasteiger partial charge in [-0.3, -0.25) is 5.32 Å². The number of furan rings is 1. The van der Waals surface area contributed by atoms with Gasteiger partial charge in [0.2, 0.25) is 0 Å². The zero-order valence-corrected chi connectivity index (χ0v) is 15.9. The maximum Gasteiger partial charge on any atom is 0.183 e. The minimum Gasteiger partial charge on any atom is -0.465 e. The van der Waals surface area contributed by atoms with Crippen molar-refractivity contribution < 1.29 is 8.84 Å². The van der Waals surface area contributed by atoms with Crippen LogP contribution in [0.15, 0.2) is 46.9 Å². The van der Waals surface area contributed by atoms with Crippen LogP contribution in [0.5, 0.6) is 0 Å². The van der Waals surface area contributed by atoms with E-state index in [1.165, 1.54) is 5.56 Å². The lowest BCUT2D eigenvalue weighted by Gasteiger charge is -2.27. The van der Waals surface area contributed by atoms with Crippen LogP contribution in [-0.2, 0) is 4.43 Å². The fourth-order valence-corrected chi connectivity index (χ4v) is 3.21. The first-order valence-electron chi connectivity index (χ1n) is 8.40. The van der Waals surface area contributed by atoms with E-state index in [0.29, 0.717) is 6.61 Å². The molecule has 0 fully saturated rings. The monoisotopic (exact) mass is 331 g/mol. The van der Waals surface area contributed by atoms with Gasteiger partial charge in [0.1, 0.15) is 11.5 Å². The molecular weight excluding hydrogens is 302 g/mol. The Balaban J connectivity index is 2.15. The molecule has 2 unspecified atom stereocenters. The van der Waals surface area contributed by atoms with Crippen molar-refractivity contribution in [3.8, 4) is 0 Å². The lowest BCUT2D eigenvalue weighted by molar-refractivity contribution is 0.238. The Morgan fingerprint density at radius 3 is 2.26 bits per heavy atom. The molecule has 1 aromatic carbocycles. The number of hydrogen-bond donors (Lipinski definition) is 1. The molecular formula is C19H29NO2Si. The first-order valence-corrected chi connectivity index (χ1v) is 11.8. The number of nitrogens with one attached hydrogen (secondary N) is 1. The molecule has 0 bridgehead atoms. The first-order chi connectivity index (χ1) is 10.9. The zero-order chi connectivity index (χ0) is 16.9. The third-order valence-corrected chi connectivity index (χ3v) is 4.83. The molecule has 3 nitrogen and oxygen atoms in total. The summed E-state index contributed by atoms with van der Waals surface area (Å²) in [4.78, 5) is 0. The van der Waals surface area contributed by atoms with Crippen LogP contribution < -0.4 is 5.32 Å². The molecule has 1 N–H and O–H groups in total. The SMILES string of the molecule is CCC(NC(CO[Si](C)(C)C)c1ccccc1)c1ccc(C)o1. The Bertz CT molecular complexity index is 589. The molecule has 0 saturated heterocycles. The molecule has 0 saturated carbocycles. The van der Waals surface area contributed by atoms with Crippen molar-refractivity contribution in [3.63, 3.8) is 0 Å². The first kappa shape index (κ1) is 18.0. The minimum atomic E-state index is -1.55. The van der Waals surface area contributed by atoms with E-state index >= 15 is 0 Å². The second kappa shape index (κ2) is 7.95. The van der Waals surface area contributed by atoms with Gasteiger partial charge in [-0.2, -0.15) is 0 Å². The molecule has 0 radical (unpaired) electrons. The van der Waals surface area contributed by atoms with Crippen molar-refractivity contribution in [1.29, 1.82) is 0 Å². The van der Waals surface area contributed by atoms with E-state index in [1.807, 2.05) is 19.1 Å². The molecule has 0 amide bonds. The summed E-state index contributed by atoms with van der Waals surface area (Å²) >= 11 is 0. The molecule has 1 aromatic heterocycles. The van der Waals surface area contributed by atoms with Crippen LogP contribution in [0, 0.1) is 6.92 Å². The molecule has 2 aromatic rings. The highest BCUT2D eigenvalue weighted by atomic mass is 28.4. The number of rotatable bonds is 8. The van der Waals surface area contributed by atoms with Gasteiger partial charge in [0.25, 0.3) is 0 Å². The van der Waals surface area contributed by atoms with Gasteiger partial charge < -0.3 is 8.84 Å². The Labute approximate surface area is 141 Å². The summed E-state index contributed by atoms with van der Waals surface area (Å²) in [6.45, 7) is 11.5. The predicted octanol–water partition coefficient (Wildman–Crippen LogP) is 5.22. The van der Waals surface area contributed by atoms with Crippen molar-refractivity contribution in [3.05, 3.63) is 59.5 Å². The van der Waals surface area contributed by atoms with Crippen molar-refractivity contribution in [1.82, 2.24) is 5.32 Å². The maximum absolute atomic E-state index is 6.18. The number of aryl methyl sites for hydroxylation is 1. The van der Waals surface area contributed by atoms with Gasteiger partial charge in [-0.15, -0.1) is 0 Å². The highest BCUT2D eigenvalue weighted by Gasteiger charge is 2.22. The third kappa shape index (κ3) is 5.64. The average molecular weight is 332 g/mol. The van der Waals surface area contributed by atoms with E-state index in [0.717, 1.165) is 17.9 Å². The van der Waals surface area contributed by atoms with Crippen molar-refractivity contribution in [2.75, 3.05) is 6.61 Å². The normalized spacial score (nSPS) is 14.7. The van der Waals surface area contributed by atoms with Gasteiger partial charge in [-0.05, 0) is 50.7 Å². The van der Waals surface area contributed by atoms with Crippen LogP contribution >= 0.6 is 0 Å². The third-order valence-electron chi connectivity index (χ3n) is 3.80. The molecule has 0 aliphatic carbocycles.